The van der Waals surface area contributed by atoms with Crippen molar-refractivity contribution < 1.29 is 28.8 Å². The fourth-order valence-electron chi connectivity index (χ4n) is 6.88. The summed E-state index contributed by atoms with van der Waals surface area (Å²) >= 11 is 0. The van der Waals surface area contributed by atoms with Gasteiger partial charge in [0, 0.05) is 25.0 Å². The minimum Gasteiger partial charge on any atom is -0.347 e. The Hall–Kier alpha value is -4.16. The first kappa shape index (κ1) is 38.6. The van der Waals surface area contributed by atoms with Crippen LogP contribution < -0.4 is 21.3 Å². The van der Waals surface area contributed by atoms with Crippen molar-refractivity contribution in [3.63, 3.8) is 0 Å². The first-order valence-corrected chi connectivity index (χ1v) is 18.5. The van der Waals surface area contributed by atoms with E-state index in [1.165, 1.54) is 23.5 Å². The summed E-state index contributed by atoms with van der Waals surface area (Å²) in [4.78, 5) is 90.5. The van der Waals surface area contributed by atoms with Crippen LogP contribution in [0.4, 0.5) is 0 Å². The highest BCUT2D eigenvalue weighted by Gasteiger charge is 2.44. The van der Waals surface area contributed by atoms with Gasteiger partial charge in [-0.1, -0.05) is 78.4 Å². The lowest BCUT2D eigenvalue weighted by molar-refractivity contribution is -0.144. The fraction of sp³-hybridized carbons (Fsp3) is 0.676. The number of ketones is 1. The predicted molar refractivity (Wildman–Crippen MR) is 187 cm³/mol. The zero-order chi connectivity index (χ0) is 36.2. The number of hydrogen-bond acceptors (Lipinski definition) is 8. The Morgan fingerprint density at radius 3 is 2.30 bits per heavy atom. The van der Waals surface area contributed by atoms with Crippen LogP contribution in [-0.4, -0.2) is 86.9 Å². The first-order valence-electron chi connectivity index (χ1n) is 18.5. The molecular weight excluding hydrogens is 638 g/mol. The van der Waals surface area contributed by atoms with Crippen LogP contribution in [-0.2, 0) is 24.0 Å². The number of nitrogens with one attached hydrogen (secondary N) is 4. The largest absolute Gasteiger partial charge is 0.347 e. The van der Waals surface area contributed by atoms with Gasteiger partial charge in [0.2, 0.25) is 23.5 Å². The number of hydrogen-bond donors (Lipinski definition) is 4. The van der Waals surface area contributed by atoms with E-state index in [0.717, 1.165) is 51.4 Å². The summed E-state index contributed by atoms with van der Waals surface area (Å²) in [7, 11) is 0. The van der Waals surface area contributed by atoms with E-state index in [-0.39, 0.29) is 42.5 Å². The lowest BCUT2D eigenvalue weighted by atomic mass is 9.84. The van der Waals surface area contributed by atoms with Crippen molar-refractivity contribution in [2.45, 2.75) is 135 Å². The zero-order valence-electron chi connectivity index (χ0n) is 30.0. The number of nitrogens with zero attached hydrogens (tertiary/aromatic N) is 3. The van der Waals surface area contributed by atoms with Crippen LogP contribution in [0.5, 0.6) is 0 Å². The molecule has 0 bridgehead atoms. The van der Waals surface area contributed by atoms with E-state index in [1.807, 2.05) is 39.8 Å². The number of aromatic nitrogens is 2. The topological polar surface area (TPSA) is 180 Å². The van der Waals surface area contributed by atoms with Gasteiger partial charge in [-0.3, -0.25) is 33.8 Å². The summed E-state index contributed by atoms with van der Waals surface area (Å²) in [5, 5.41) is 11.3. The summed E-state index contributed by atoms with van der Waals surface area (Å²) in [6, 6.07) is -3.79. The molecule has 5 amide bonds. The molecule has 0 spiro atoms. The highest BCUT2D eigenvalue weighted by Crippen LogP contribution is 2.29. The summed E-state index contributed by atoms with van der Waals surface area (Å²) in [6.07, 6.45) is 17.5. The van der Waals surface area contributed by atoms with Crippen molar-refractivity contribution in [1.29, 1.82) is 0 Å². The normalized spacial score (nSPS) is 21.3. The molecule has 1 aromatic heterocycles. The van der Waals surface area contributed by atoms with Gasteiger partial charge in [-0.2, -0.15) is 0 Å². The molecule has 1 aliphatic heterocycles. The smallest absolute Gasteiger partial charge is 0.289 e. The summed E-state index contributed by atoms with van der Waals surface area (Å²) in [5.74, 6) is -3.51. The van der Waals surface area contributed by atoms with Crippen molar-refractivity contribution in [2.75, 3.05) is 6.54 Å². The minimum atomic E-state index is -1.01. The van der Waals surface area contributed by atoms with Crippen LogP contribution in [0.2, 0.25) is 0 Å². The first-order chi connectivity index (χ1) is 24.0. The second-order valence-electron chi connectivity index (χ2n) is 14.4. The van der Waals surface area contributed by atoms with Crippen molar-refractivity contribution in [3.05, 3.63) is 36.4 Å². The molecule has 2 heterocycles. The Balaban J connectivity index is 1.52. The summed E-state index contributed by atoms with van der Waals surface area (Å²) < 4.78 is 0. The lowest BCUT2D eigenvalue weighted by Gasteiger charge is -2.33. The van der Waals surface area contributed by atoms with Crippen LogP contribution in [0.3, 0.4) is 0 Å². The van der Waals surface area contributed by atoms with Crippen LogP contribution >= 0.6 is 0 Å². The second kappa shape index (κ2) is 18.7. The third-order valence-electron chi connectivity index (χ3n) is 9.85. The van der Waals surface area contributed by atoms with Crippen molar-refractivity contribution in [3.8, 4) is 0 Å². The Bertz CT molecular complexity index is 1380. The number of carbonyl (C=O) groups is 6. The Labute approximate surface area is 295 Å². The van der Waals surface area contributed by atoms with Crippen molar-refractivity contribution in [2.24, 2.45) is 17.8 Å². The van der Waals surface area contributed by atoms with Gasteiger partial charge < -0.3 is 26.2 Å². The Kier molecular flexibility index (Phi) is 14.5. The molecule has 4 rings (SSSR count). The van der Waals surface area contributed by atoms with Gasteiger partial charge in [0.15, 0.2) is 0 Å². The molecule has 0 aromatic carbocycles. The summed E-state index contributed by atoms with van der Waals surface area (Å²) in [6.45, 7) is 7.78. The molecule has 3 fully saturated rings. The minimum absolute atomic E-state index is 0.00394. The number of amides is 5. The van der Waals surface area contributed by atoms with Gasteiger partial charge in [0.1, 0.15) is 23.8 Å². The highest BCUT2D eigenvalue weighted by atomic mass is 16.2. The van der Waals surface area contributed by atoms with Crippen molar-refractivity contribution >= 4 is 35.3 Å². The second-order valence-corrected chi connectivity index (χ2v) is 14.4. The molecular formula is C37H55N7O6. The SMILES string of the molecule is CCC=CC1CC(C(=O)NC(CCC)C(=O)C(=O)NC2CC2)N(C(=O)C(NC(=O)C(CC2CCCCC2)NC(=O)c2cnccn2)C(C)C)C1. The molecule has 5 atom stereocenters. The van der Waals surface area contributed by atoms with E-state index in [2.05, 4.69) is 31.2 Å². The van der Waals surface area contributed by atoms with E-state index in [9.17, 15) is 28.8 Å². The molecule has 4 N–H and O–H groups in total. The number of Topliss-reactive ketones (excluding diaryl/α,β-unsaturated/α-hetero) is 1. The third-order valence-corrected chi connectivity index (χ3v) is 9.85. The highest BCUT2D eigenvalue weighted by molar-refractivity contribution is 6.38. The molecule has 3 aliphatic rings. The van der Waals surface area contributed by atoms with Crippen molar-refractivity contribution in [1.82, 2.24) is 36.1 Å². The number of likely N-dealkylation sites (tertiary alicyclic amines) is 1. The van der Waals surface area contributed by atoms with Gasteiger partial charge >= 0.3 is 0 Å². The van der Waals surface area contributed by atoms with Gasteiger partial charge in [-0.25, -0.2) is 4.98 Å². The third kappa shape index (κ3) is 10.9. The van der Waals surface area contributed by atoms with Gasteiger partial charge in [0.25, 0.3) is 11.8 Å². The van der Waals surface area contributed by atoms with E-state index < -0.39 is 59.5 Å². The van der Waals surface area contributed by atoms with E-state index in [1.54, 1.807) is 0 Å². The summed E-state index contributed by atoms with van der Waals surface area (Å²) in [5.41, 5.74) is 0.0902. The Morgan fingerprint density at radius 1 is 0.940 bits per heavy atom. The molecule has 274 valence electrons. The van der Waals surface area contributed by atoms with E-state index >= 15 is 0 Å². The van der Waals surface area contributed by atoms with Gasteiger partial charge in [-0.15, -0.1) is 0 Å². The van der Waals surface area contributed by atoms with Crippen LogP contribution in [0, 0.1) is 17.8 Å². The molecule has 13 nitrogen and oxygen atoms in total. The molecule has 2 aliphatic carbocycles. The average molecular weight is 694 g/mol. The number of carbonyl (C=O) groups excluding carboxylic acids is 6. The molecule has 1 aromatic rings. The fourth-order valence-corrected chi connectivity index (χ4v) is 6.88. The lowest BCUT2D eigenvalue weighted by Crippen LogP contribution is -2.59. The zero-order valence-corrected chi connectivity index (χ0v) is 30.0. The van der Waals surface area contributed by atoms with Gasteiger partial charge in [0.05, 0.1) is 12.2 Å². The van der Waals surface area contributed by atoms with Crippen LogP contribution in [0.15, 0.2) is 30.7 Å². The van der Waals surface area contributed by atoms with Gasteiger partial charge in [-0.05, 0) is 56.3 Å². The maximum Gasteiger partial charge on any atom is 0.289 e. The Morgan fingerprint density at radius 2 is 1.68 bits per heavy atom. The molecule has 5 unspecified atom stereocenters. The van der Waals surface area contributed by atoms with Crippen LogP contribution in [0.25, 0.3) is 0 Å². The molecule has 13 heteroatoms. The van der Waals surface area contributed by atoms with Crippen LogP contribution in [0.1, 0.15) is 115 Å². The quantitative estimate of drug-likeness (QED) is 0.142. The maximum atomic E-state index is 14.4. The number of rotatable bonds is 17. The molecule has 1 saturated heterocycles. The predicted octanol–water partition coefficient (Wildman–Crippen LogP) is 3.00. The van der Waals surface area contributed by atoms with E-state index in [4.69, 9.17) is 0 Å². The molecule has 2 saturated carbocycles. The van der Waals surface area contributed by atoms with E-state index in [0.29, 0.717) is 19.3 Å². The maximum absolute atomic E-state index is 14.4. The molecule has 0 radical (unpaired) electrons. The molecule has 50 heavy (non-hydrogen) atoms. The standard InChI is InChI=1S/C37H55N7O6/c1-5-7-12-25-20-30(35(48)41-27(11-6-2)32(45)36(49)40-26-15-16-26)44(22-25)37(50)31(23(3)4)43-33(46)28(19-24-13-9-8-10-14-24)42-34(47)29-21-38-17-18-39-29/h7,12,17-18,21,23-28,30-31H,5-6,8-11,13-16,19-20,22H2,1-4H3,(H,40,49)(H,41,48)(H,42,47)(H,43,46). The average Bonchev–Trinajstić information content (AvgIpc) is 3.83. The number of allylic oxidation sites excluding steroid dienone is 1. The monoisotopic (exact) mass is 693 g/mol.